The van der Waals surface area contributed by atoms with Gasteiger partial charge in [0.2, 0.25) is 21.8 Å². The standard InChI is InChI=1S/C21H30N4O5S2/c1-13(2)9-19(25-32(29,30)12-31-14(3)26)21(28)24-18(20(27)22-4)10-15-11-23-17-8-6-5-7-16(15)17/h5-8,11,13,18-19,23,25H,9-10,12H2,1-4H3,(H,22,27)(H,24,28). The monoisotopic (exact) mass is 482 g/mol. The second-order valence-electron chi connectivity index (χ2n) is 7.91. The van der Waals surface area contributed by atoms with Gasteiger partial charge in [-0.3, -0.25) is 14.4 Å². The predicted molar refractivity (Wildman–Crippen MR) is 126 cm³/mol. The molecule has 2 aromatic rings. The normalized spacial score (nSPS) is 13.7. The Morgan fingerprint density at radius 2 is 1.78 bits per heavy atom. The summed E-state index contributed by atoms with van der Waals surface area (Å²) in [6.45, 7) is 5.00. The first-order valence-electron chi connectivity index (χ1n) is 10.2. The first-order valence-corrected chi connectivity index (χ1v) is 12.9. The third kappa shape index (κ3) is 7.64. The van der Waals surface area contributed by atoms with E-state index in [0.29, 0.717) is 11.8 Å². The molecule has 2 unspecified atom stereocenters. The summed E-state index contributed by atoms with van der Waals surface area (Å²) >= 11 is 0.648. The zero-order chi connectivity index (χ0) is 23.9. The molecule has 1 aromatic carbocycles. The first-order chi connectivity index (χ1) is 15.0. The molecule has 0 saturated carbocycles. The van der Waals surface area contributed by atoms with Gasteiger partial charge in [0.25, 0.3) is 0 Å². The van der Waals surface area contributed by atoms with E-state index in [1.807, 2.05) is 38.1 Å². The fraction of sp³-hybridized carbons (Fsp3) is 0.476. The van der Waals surface area contributed by atoms with Gasteiger partial charge in [0.15, 0.2) is 5.12 Å². The van der Waals surface area contributed by atoms with E-state index in [1.165, 1.54) is 14.0 Å². The second kappa shape index (κ2) is 11.5. The minimum Gasteiger partial charge on any atom is -0.361 e. The zero-order valence-electron chi connectivity index (χ0n) is 18.6. The Labute approximate surface area is 192 Å². The van der Waals surface area contributed by atoms with Crippen molar-refractivity contribution in [1.29, 1.82) is 0 Å². The fourth-order valence-electron chi connectivity index (χ4n) is 3.27. The largest absolute Gasteiger partial charge is 0.361 e. The van der Waals surface area contributed by atoms with Gasteiger partial charge in [-0.05, 0) is 24.0 Å². The minimum absolute atomic E-state index is 0.0148. The van der Waals surface area contributed by atoms with Crippen LogP contribution in [-0.2, 0) is 30.8 Å². The Morgan fingerprint density at radius 3 is 2.41 bits per heavy atom. The third-order valence-corrected chi connectivity index (χ3v) is 7.50. The number of aromatic amines is 1. The van der Waals surface area contributed by atoms with Crippen LogP contribution >= 0.6 is 11.8 Å². The SMILES string of the molecule is CNC(=O)C(Cc1c[nH]c2ccccc12)NC(=O)C(CC(C)C)NS(=O)(=O)CSC(C)=O. The molecule has 0 bridgehead atoms. The number of sulfonamides is 1. The average Bonchev–Trinajstić information content (AvgIpc) is 3.13. The van der Waals surface area contributed by atoms with Crippen molar-refractivity contribution in [2.24, 2.45) is 5.92 Å². The molecule has 0 aliphatic rings. The van der Waals surface area contributed by atoms with E-state index in [9.17, 15) is 22.8 Å². The summed E-state index contributed by atoms with van der Waals surface area (Å²) < 4.78 is 27.1. The van der Waals surface area contributed by atoms with Gasteiger partial charge in [-0.1, -0.05) is 43.8 Å². The summed E-state index contributed by atoms with van der Waals surface area (Å²) in [5.74, 6) is -0.966. The Bertz CT molecular complexity index is 1070. The number of para-hydroxylation sites is 1. The van der Waals surface area contributed by atoms with Crippen molar-refractivity contribution in [2.45, 2.75) is 45.7 Å². The molecule has 0 radical (unpaired) electrons. The molecule has 0 saturated heterocycles. The van der Waals surface area contributed by atoms with Crippen molar-refractivity contribution in [1.82, 2.24) is 20.3 Å². The zero-order valence-corrected chi connectivity index (χ0v) is 20.2. The van der Waals surface area contributed by atoms with Crippen LogP contribution < -0.4 is 15.4 Å². The molecule has 4 N–H and O–H groups in total. The summed E-state index contributed by atoms with van der Waals surface area (Å²) in [5, 5.41) is 5.38. The Morgan fingerprint density at radius 1 is 1.09 bits per heavy atom. The highest BCUT2D eigenvalue weighted by molar-refractivity contribution is 8.21. The van der Waals surface area contributed by atoms with Gasteiger partial charge in [0.05, 0.1) is 0 Å². The Hall–Kier alpha value is -2.37. The molecular weight excluding hydrogens is 452 g/mol. The number of carbonyl (C=O) groups excluding carboxylic acids is 3. The summed E-state index contributed by atoms with van der Waals surface area (Å²) in [4.78, 5) is 39.8. The molecule has 0 fully saturated rings. The van der Waals surface area contributed by atoms with Crippen LogP contribution in [0, 0.1) is 5.92 Å². The third-order valence-electron chi connectivity index (χ3n) is 4.74. The lowest BCUT2D eigenvalue weighted by Crippen LogP contribution is -2.54. The smallest absolute Gasteiger partial charge is 0.242 e. The number of rotatable bonds is 11. The maximum atomic E-state index is 13.0. The molecule has 2 rings (SSSR count). The number of H-pyrrole nitrogens is 1. The van der Waals surface area contributed by atoms with Gasteiger partial charge in [-0.15, -0.1) is 0 Å². The average molecular weight is 483 g/mol. The number of nitrogens with one attached hydrogen (secondary N) is 4. The summed E-state index contributed by atoms with van der Waals surface area (Å²) in [7, 11) is -2.40. The van der Waals surface area contributed by atoms with Crippen molar-refractivity contribution in [2.75, 3.05) is 12.1 Å². The maximum absolute atomic E-state index is 13.0. The predicted octanol–water partition coefficient (Wildman–Crippen LogP) is 1.51. The van der Waals surface area contributed by atoms with E-state index in [1.54, 1.807) is 6.20 Å². The van der Waals surface area contributed by atoms with Crippen LogP contribution in [0.3, 0.4) is 0 Å². The number of fused-ring (bicyclic) bond motifs is 1. The molecule has 1 heterocycles. The Kier molecular flexibility index (Phi) is 9.29. The number of amides is 2. The summed E-state index contributed by atoms with van der Waals surface area (Å²) in [5.41, 5.74) is 1.77. The molecule has 1 aromatic heterocycles. The topological polar surface area (TPSA) is 137 Å². The van der Waals surface area contributed by atoms with Crippen LogP contribution in [0.25, 0.3) is 10.9 Å². The molecule has 11 heteroatoms. The molecule has 9 nitrogen and oxygen atoms in total. The van der Waals surface area contributed by atoms with Gasteiger partial charge >= 0.3 is 0 Å². The van der Waals surface area contributed by atoms with Gasteiger partial charge in [-0.2, -0.15) is 0 Å². The summed E-state index contributed by atoms with van der Waals surface area (Å²) in [6.07, 6.45) is 2.26. The minimum atomic E-state index is -3.88. The number of aromatic nitrogens is 1. The van der Waals surface area contributed by atoms with Crippen LogP contribution in [-0.4, -0.2) is 54.5 Å². The molecule has 0 spiro atoms. The number of likely N-dealkylation sites (N-methyl/N-ethyl adjacent to an activating group) is 1. The van der Waals surface area contributed by atoms with Crippen LogP contribution in [0.4, 0.5) is 0 Å². The lowest BCUT2D eigenvalue weighted by Gasteiger charge is -2.23. The molecule has 32 heavy (non-hydrogen) atoms. The van der Waals surface area contributed by atoms with Crippen molar-refractivity contribution in [3.8, 4) is 0 Å². The van der Waals surface area contributed by atoms with Crippen LogP contribution in [0.2, 0.25) is 0 Å². The maximum Gasteiger partial charge on any atom is 0.242 e. The molecule has 2 amide bonds. The van der Waals surface area contributed by atoms with Gasteiger partial charge in [-0.25, -0.2) is 13.1 Å². The van der Waals surface area contributed by atoms with E-state index in [0.717, 1.165) is 16.5 Å². The highest BCUT2D eigenvalue weighted by Crippen LogP contribution is 2.19. The van der Waals surface area contributed by atoms with Crippen LogP contribution in [0.15, 0.2) is 30.5 Å². The number of benzene rings is 1. The summed E-state index contributed by atoms with van der Waals surface area (Å²) in [6, 6.07) is 5.67. The van der Waals surface area contributed by atoms with Gasteiger partial charge < -0.3 is 15.6 Å². The van der Waals surface area contributed by atoms with E-state index >= 15 is 0 Å². The number of hydrogen-bond donors (Lipinski definition) is 4. The first kappa shape index (κ1) is 25.9. The van der Waals surface area contributed by atoms with Crippen molar-refractivity contribution in [3.05, 3.63) is 36.0 Å². The number of thioether (sulfide) groups is 1. The molecule has 176 valence electrons. The lowest BCUT2D eigenvalue weighted by atomic mass is 10.0. The van der Waals surface area contributed by atoms with Crippen molar-refractivity contribution >= 4 is 49.6 Å². The van der Waals surface area contributed by atoms with E-state index in [4.69, 9.17) is 0 Å². The van der Waals surface area contributed by atoms with Gasteiger partial charge in [0.1, 0.15) is 17.2 Å². The molecule has 0 aliphatic heterocycles. The number of carbonyl (C=O) groups is 3. The second-order valence-corrected chi connectivity index (χ2v) is 11.2. The highest BCUT2D eigenvalue weighted by Gasteiger charge is 2.29. The van der Waals surface area contributed by atoms with Crippen LogP contribution in [0.5, 0.6) is 0 Å². The van der Waals surface area contributed by atoms with Crippen molar-refractivity contribution in [3.63, 3.8) is 0 Å². The highest BCUT2D eigenvalue weighted by atomic mass is 32.3. The number of hydrogen-bond acceptors (Lipinski definition) is 6. The lowest BCUT2D eigenvalue weighted by molar-refractivity contribution is -0.129. The molecule has 0 aliphatic carbocycles. The Balaban J connectivity index is 2.20. The van der Waals surface area contributed by atoms with E-state index in [2.05, 4.69) is 20.3 Å². The van der Waals surface area contributed by atoms with Gasteiger partial charge in [0, 0.05) is 37.5 Å². The van der Waals surface area contributed by atoms with E-state index in [-0.39, 0.29) is 29.8 Å². The molecule has 2 atom stereocenters. The molecular formula is C21H30N4O5S2. The van der Waals surface area contributed by atoms with E-state index < -0.39 is 33.1 Å². The van der Waals surface area contributed by atoms with Crippen LogP contribution in [0.1, 0.15) is 32.8 Å². The quantitative estimate of drug-likeness (QED) is 0.383. The van der Waals surface area contributed by atoms with Crippen molar-refractivity contribution < 1.29 is 22.8 Å². The fourth-order valence-corrected chi connectivity index (χ4v) is 5.46.